The highest BCUT2D eigenvalue weighted by atomic mass is 19.3. The van der Waals surface area contributed by atoms with Gasteiger partial charge in [0.15, 0.2) is 12.0 Å². The van der Waals surface area contributed by atoms with Gasteiger partial charge in [0.05, 0.1) is 36.9 Å². The summed E-state index contributed by atoms with van der Waals surface area (Å²) in [6.07, 6.45) is 0.396. The maximum atomic E-state index is 15.4. The molecule has 4 aliphatic rings. The number of nitrogens with zero attached hydrogens (tertiary/aromatic N) is 6. The fraction of sp³-hybridized carbons (Fsp3) is 0.538. The first kappa shape index (κ1) is 28.3. The second-order valence-corrected chi connectivity index (χ2v) is 11.3. The molecule has 16 heteroatoms. The number of carbonyl (C=O) groups is 2. The maximum Gasteiger partial charge on any atom is 0.272 e. The fourth-order valence-corrected chi connectivity index (χ4v) is 6.33. The van der Waals surface area contributed by atoms with Gasteiger partial charge < -0.3 is 26.0 Å². The number of allylic oxidation sites excluding steroid dienone is 2. The molecule has 226 valence electrons. The minimum Gasteiger partial charge on any atom is -0.382 e. The van der Waals surface area contributed by atoms with Crippen molar-refractivity contribution in [3.63, 3.8) is 0 Å². The van der Waals surface area contributed by atoms with E-state index in [0.717, 1.165) is 0 Å². The van der Waals surface area contributed by atoms with Gasteiger partial charge in [-0.05, 0) is 17.7 Å². The molecule has 4 N–H and O–H groups in total. The third kappa shape index (κ3) is 4.75. The van der Waals surface area contributed by atoms with Crippen molar-refractivity contribution in [1.29, 1.82) is 0 Å². The molecule has 42 heavy (non-hydrogen) atoms. The van der Waals surface area contributed by atoms with E-state index in [2.05, 4.69) is 10.1 Å². The predicted octanol–water partition coefficient (Wildman–Crippen LogP) is 1.40. The van der Waals surface area contributed by atoms with Crippen LogP contribution >= 0.6 is 0 Å². The zero-order valence-corrected chi connectivity index (χ0v) is 22.5. The number of amides is 2. The summed E-state index contributed by atoms with van der Waals surface area (Å²) in [4.78, 5) is 33.8. The van der Waals surface area contributed by atoms with E-state index in [0.29, 0.717) is 16.8 Å². The average Bonchev–Trinajstić information content (AvgIpc) is 3.46. The number of hydrogen-bond donors (Lipinski definition) is 2. The first-order chi connectivity index (χ1) is 19.8. The molecule has 0 bridgehead atoms. The number of primary amides is 1. The standard InChI is InChI=1S/C26H29F5N8O3/c1-42-24-19(22(33)40)15(2-3-38(24)18-9-37(8-16(18)27)23(41)14-5-25(28,29)6-14)17-4-13(7-36-10-26(30,31)11-36)20-21(32)34-12-35-39(17)20/h2-4,12,14,16,18,24H,5-11H2,1H3,(H2,33,40)(H2,32,34,35)/t16-,18+,24?/m0/s1. The Morgan fingerprint density at radius 3 is 2.48 bits per heavy atom. The number of alkyl halides is 5. The van der Waals surface area contributed by atoms with Crippen molar-refractivity contribution in [3.05, 3.63) is 41.5 Å². The van der Waals surface area contributed by atoms with Crippen LogP contribution in [-0.2, 0) is 20.9 Å². The minimum absolute atomic E-state index is 0.0331. The number of aromatic nitrogens is 3. The number of rotatable bonds is 7. The van der Waals surface area contributed by atoms with Gasteiger partial charge in [-0.15, -0.1) is 0 Å². The molecule has 11 nitrogen and oxygen atoms in total. The predicted molar refractivity (Wildman–Crippen MR) is 138 cm³/mol. The average molecular weight is 597 g/mol. The molecular weight excluding hydrogens is 567 g/mol. The number of halogens is 5. The highest BCUT2D eigenvalue weighted by Crippen LogP contribution is 2.44. The van der Waals surface area contributed by atoms with Gasteiger partial charge in [-0.1, -0.05) is 0 Å². The van der Waals surface area contributed by atoms with Crippen LogP contribution in [0.15, 0.2) is 30.2 Å². The third-order valence-corrected chi connectivity index (χ3v) is 8.31. The van der Waals surface area contributed by atoms with Gasteiger partial charge in [-0.25, -0.2) is 31.5 Å². The van der Waals surface area contributed by atoms with Crippen molar-refractivity contribution in [2.24, 2.45) is 11.7 Å². The number of carbonyl (C=O) groups excluding carboxylic acids is 2. The van der Waals surface area contributed by atoms with Gasteiger partial charge in [-0.3, -0.25) is 14.5 Å². The van der Waals surface area contributed by atoms with Gasteiger partial charge in [0.25, 0.3) is 5.92 Å². The van der Waals surface area contributed by atoms with E-state index >= 15 is 4.39 Å². The van der Waals surface area contributed by atoms with Gasteiger partial charge in [0.1, 0.15) is 18.0 Å². The summed E-state index contributed by atoms with van der Waals surface area (Å²) in [7, 11) is 1.31. The van der Waals surface area contributed by atoms with Crippen LogP contribution in [0.25, 0.3) is 11.1 Å². The topological polar surface area (TPSA) is 135 Å². The Balaban J connectivity index is 1.31. The van der Waals surface area contributed by atoms with E-state index < -0.39 is 73.9 Å². The van der Waals surface area contributed by atoms with Crippen LogP contribution in [0.1, 0.15) is 24.1 Å². The summed E-state index contributed by atoms with van der Waals surface area (Å²) >= 11 is 0. The lowest BCUT2D eigenvalue weighted by molar-refractivity contribution is -0.159. The highest BCUT2D eigenvalue weighted by Gasteiger charge is 2.52. The Labute approximate surface area is 236 Å². The smallest absolute Gasteiger partial charge is 0.272 e. The van der Waals surface area contributed by atoms with Crippen LogP contribution < -0.4 is 11.5 Å². The second-order valence-electron chi connectivity index (χ2n) is 11.3. The van der Waals surface area contributed by atoms with Crippen molar-refractivity contribution in [2.75, 3.05) is 39.0 Å². The van der Waals surface area contributed by atoms with E-state index in [9.17, 15) is 27.2 Å². The van der Waals surface area contributed by atoms with Crippen molar-refractivity contribution >= 4 is 28.7 Å². The molecule has 2 aromatic heterocycles. The van der Waals surface area contributed by atoms with Gasteiger partial charge in [-0.2, -0.15) is 5.10 Å². The molecule has 2 aromatic rings. The van der Waals surface area contributed by atoms with Crippen molar-refractivity contribution < 1.29 is 36.3 Å². The van der Waals surface area contributed by atoms with Crippen LogP contribution in [-0.4, -0.2) is 105 Å². The number of ether oxygens (including phenoxy) is 1. The van der Waals surface area contributed by atoms with Gasteiger partial charge in [0, 0.05) is 50.7 Å². The quantitative estimate of drug-likeness (QED) is 0.458. The van der Waals surface area contributed by atoms with Crippen molar-refractivity contribution in [2.45, 2.75) is 49.7 Å². The first-order valence-electron chi connectivity index (χ1n) is 13.3. The number of anilines is 1. The fourth-order valence-electron chi connectivity index (χ4n) is 6.33. The van der Waals surface area contributed by atoms with Crippen LogP contribution in [0, 0.1) is 5.92 Å². The minimum atomic E-state index is -2.89. The Hall–Kier alpha value is -3.79. The maximum absolute atomic E-state index is 15.4. The summed E-state index contributed by atoms with van der Waals surface area (Å²) < 4.78 is 76.1. The molecular formula is C26H29F5N8O3. The Morgan fingerprint density at radius 1 is 1.14 bits per heavy atom. The summed E-state index contributed by atoms with van der Waals surface area (Å²) in [5.41, 5.74) is 13.5. The summed E-state index contributed by atoms with van der Waals surface area (Å²) in [6, 6.07) is 0.710. The summed E-state index contributed by atoms with van der Waals surface area (Å²) in [5.74, 6) is -7.82. The molecule has 1 saturated carbocycles. The molecule has 0 spiro atoms. The van der Waals surface area contributed by atoms with Crippen LogP contribution in [0.2, 0.25) is 0 Å². The van der Waals surface area contributed by atoms with E-state index in [1.54, 1.807) is 6.07 Å². The molecule has 3 fully saturated rings. The van der Waals surface area contributed by atoms with E-state index in [-0.39, 0.29) is 36.6 Å². The lowest BCUT2D eigenvalue weighted by atomic mass is 9.80. The monoisotopic (exact) mass is 596 g/mol. The van der Waals surface area contributed by atoms with Crippen LogP contribution in [0.3, 0.4) is 0 Å². The van der Waals surface area contributed by atoms with E-state index in [1.165, 1.54) is 44.9 Å². The zero-order valence-electron chi connectivity index (χ0n) is 22.5. The summed E-state index contributed by atoms with van der Waals surface area (Å²) in [6.45, 7) is -1.10. The van der Waals surface area contributed by atoms with Crippen molar-refractivity contribution in [1.82, 2.24) is 29.3 Å². The lowest BCUT2D eigenvalue weighted by Crippen LogP contribution is -2.55. The largest absolute Gasteiger partial charge is 0.382 e. The molecule has 1 unspecified atom stereocenters. The van der Waals surface area contributed by atoms with Crippen LogP contribution in [0.4, 0.5) is 27.8 Å². The number of likely N-dealkylation sites (tertiary alicyclic amines) is 2. The molecule has 3 aliphatic heterocycles. The number of fused-ring (bicyclic) bond motifs is 1. The molecule has 5 heterocycles. The van der Waals surface area contributed by atoms with Gasteiger partial charge >= 0.3 is 0 Å². The van der Waals surface area contributed by atoms with Crippen LogP contribution in [0.5, 0.6) is 0 Å². The van der Waals surface area contributed by atoms with E-state index in [4.69, 9.17) is 16.2 Å². The third-order valence-electron chi connectivity index (χ3n) is 8.31. The number of nitrogen functional groups attached to an aromatic ring is 1. The Morgan fingerprint density at radius 2 is 1.86 bits per heavy atom. The number of hydrogen-bond acceptors (Lipinski definition) is 8. The molecule has 0 aromatic carbocycles. The molecule has 2 saturated heterocycles. The van der Waals surface area contributed by atoms with Crippen molar-refractivity contribution in [3.8, 4) is 0 Å². The van der Waals surface area contributed by atoms with Gasteiger partial charge in [0.2, 0.25) is 17.7 Å². The normalized spacial score (nSPS) is 27.4. The molecule has 0 radical (unpaired) electrons. The first-order valence-corrected chi connectivity index (χ1v) is 13.3. The zero-order chi connectivity index (χ0) is 30.1. The molecule has 2 amide bonds. The molecule has 1 aliphatic carbocycles. The number of methoxy groups -OCH3 is 1. The SMILES string of the molecule is COC1C(C(N)=O)=C(c2cc(CN3CC(F)(F)C3)c3c(N)ncnn23)C=CN1[C@@H]1CN(C(=O)C2CC(F)(F)C2)C[C@@H]1F. The Kier molecular flexibility index (Phi) is 6.68. The van der Waals surface area contributed by atoms with E-state index in [1.807, 2.05) is 0 Å². The molecule has 3 atom stereocenters. The second kappa shape index (κ2) is 9.90. The Bertz CT molecular complexity index is 1490. The lowest BCUT2D eigenvalue weighted by Gasteiger charge is -2.39. The highest BCUT2D eigenvalue weighted by molar-refractivity contribution is 6.04. The number of nitrogens with two attached hydrogens (primary N) is 2. The summed E-state index contributed by atoms with van der Waals surface area (Å²) in [5, 5.41) is 4.27. The molecule has 6 rings (SSSR count).